The van der Waals surface area contributed by atoms with Gasteiger partial charge in [-0.15, -0.1) is 0 Å². The van der Waals surface area contributed by atoms with Gasteiger partial charge in [0, 0.05) is 12.6 Å². The first-order valence-corrected chi connectivity index (χ1v) is 7.35. The highest BCUT2D eigenvalue weighted by molar-refractivity contribution is 5.48. The van der Waals surface area contributed by atoms with E-state index in [4.69, 9.17) is 10.5 Å². The second-order valence-corrected chi connectivity index (χ2v) is 6.50. The maximum Gasteiger partial charge on any atom is 0.134 e. The predicted molar refractivity (Wildman–Crippen MR) is 89.3 cm³/mol. The van der Waals surface area contributed by atoms with E-state index in [2.05, 4.69) is 63.6 Å². The third-order valence-electron chi connectivity index (χ3n) is 3.94. The summed E-state index contributed by atoms with van der Waals surface area (Å²) < 4.78 is 5.35. The Morgan fingerprint density at radius 2 is 2.00 bits per heavy atom. The van der Waals surface area contributed by atoms with Crippen LogP contribution in [-0.2, 0) is 6.54 Å². The maximum atomic E-state index is 5.45. The van der Waals surface area contributed by atoms with E-state index < -0.39 is 0 Å². The Hall–Kier alpha value is -1.50. The van der Waals surface area contributed by atoms with E-state index in [9.17, 15) is 0 Å². The molecule has 1 atom stereocenters. The summed E-state index contributed by atoms with van der Waals surface area (Å²) in [6.45, 7) is 10.3. The molecule has 1 rings (SSSR count). The van der Waals surface area contributed by atoms with Gasteiger partial charge in [0.2, 0.25) is 0 Å². The lowest BCUT2D eigenvalue weighted by atomic mass is 9.87. The van der Waals surface area contributed by atoms with Crippen molar-refractivity contribution in [2.45, 2.75) is 40.3 Å². The van der Waals surface area contributed by atoms with Crippen molar-refractivity contribution in [3.8, 4) is 17.6 Å². The standard InChI is InChI=1S/C18H28N2O/c1-14(18(2,3)4)20(5)13-15-9-10-17(21-6)16(12-15)8-7-11-19/h9-10,12,14H,11,13,19H2,1-6H3. The Morgan fingerprint density at radius 3 is 2.52 bits per heavy atom. The number of rotatable bonds is 4. The van der Waals surface area contributed by atoms with Gasteiger partial charge in [0.25, 0.3) is 0 Å². The van der Waals surface area contributed by atoms with Crippen molar-refractivity contribution in [1.82, 2.24) is 4.90 Å². The molecule has 0 amide bonds. The number of nitrogens with two attached hydrogens (primary N) is 1. The molecule has 0 saturated heterocycles. The number of hydrogen-bond donors (Lipinski definition) is 1. The van der Waals surface area contributed by atoms with Crippen LogP contribution >= 0.6 is 0 Å². The monoisotopic (exact) mass is 288 g/mol. The average Bonchev–Trinajstić information content (AvgIpc) is 2.43. The zero-order chi connectivity index (χ0) is 16.0. The van der Waals surface area contributed by atoms with Gasteiger partial charge in [0.05, 0.1) is 19.2 Å². The summed E-state index contributed by atoms with van der Waals surface area (Å²) in [5.74, 6) is 6.77. The zero-order valence-corrected chi connectivity index (χ0v) is 14.2. The summed E-state index contributed by atoms with van der Waals surface area (Å²) in [6.07, 6.45) is 0. The van der Waals surface area contributed by atoms with Crippen LogP contribution < -0.4 is 10.5 Å². The second-order valence-electron chi connectivity index (χ2n) is 6.50. The van der Waals surface area contributed by atoms with E-state index in [0.29, 0.717) is 12.6 Å². The van der Waals surface area contributed by atoms with Crippen molar-refractivity contribution in [2.75, 3.05) is 20.7 Å². The molecule has 1 aromatic carbocycles. The fraction of sp³-hybridized carbons (Fsp3) is 0.556. The van der Waals surface area contributed by atoms with E-state index in [1.54, 1.807) is 7.11 Å². The van der Waals surface area contributed by atoms with Gasteiger partial charge in [-0.3, -0.25) is 4.90 Å². The summed E-state index contributed by atoms with van der Waals surface area (Å²) in [4.78, 5) is 2.36. The van der Waals surface area contributed by atoms with Crippen molar-refractivity contribution >= 4 is 0 Å². The number of nitrogens with zero attached hydrogens (tertiary/aromatic N) is 1. The topological polar surface area (TPSA) is 38.5 Å². The Bertz CT molecular complexity index is 520. The van der Waals surface area contributed by atoms with E-state index in [0.717, 1.165) is 17.9 Å². The summed E-state index contributed by atoms with van der Waals surface area (Å²) >= 11 is 0. The molecule has 0 bridgehead atoms. The first kappa shape index (κ1) is 17.6. The molecule has 0 saturated carbocycles. The average molecular weight is 288 g/mol. The van der Waals surface area contributed by atoms with Gasteiger partial charge in [-0.1, -0.05) is 38.7 Å². The molecule has 21 heavy (non-hydrogen) atoms. The largest absolute Gasteiger partial charge is 0.495 e. The minimum absolute atomic E-state index is 0.253. The van der Waals surface area contributed by atoms with Crippen LogP contribution in [0.2, 0.25) is 0 Å². The van der Waals surface area contributed by atoms with E-state index in [1.807, 2.05) is 6.07 Å². The molecule has 0 aliphatic rings. The van der Waals surface area contributed by atoms with E-state index >= 15 is 0 Å². The van der Waals surface area contributed by atoms with Gasteiger partial charge in [-0.2, -0.15) is 0 Å². The summed E-state index contributed by atoms with van der Waals surface area (Å²) in [5, 5.41) is 0. The van der Waals surface area contributed by atoms with Crippen molar-refractivity contribution in [2.24, 2.45) is 11.1 Å². The maximum absolute atomic E-state index is 5.45. The van der Waals surface area contributed by atoms with Crippen LogP contribution in [0.1, 0.15) is 38.8 Å². The van der Waals surface area contributed by atoms with Crippen LogP contribution in [0.5, 0.6) is 5.75 Å². The van der Waals surface area contributed by atoms with Crippen LogP contribution in [0.3, 0.4) is 0 Å². The smallest absolute Gasteiger partial charge is 0.134 e. The second kappa shape index (κ2) is 7.49. The molecular weight excluding hydrogens is 260 g/mol. The normalized spacial score (nSPS) is 12.8. The molecule has 0 spiro atoms. The minimum Gasteiger partial charge on any atom is -0.495 e. The van der Waals surface area contributed by atoms with E-state index in [1.165, 1.54) is 5.56 Å². The van der Waals surface area contributed by atoms with Gasteiger partial charge in [-0.05, 0) is 37.1 Å². The minimum atomic E-state index is 0.253. The van der Waals surface area contributed by atoms with Crippen molar-refractivity contribution in [3.05, 3.63) is 29.3 Å². The molecule has 0 aromatic heterocycles. The first-order chi connectivity index (χ1) is 9.79. The highest BCUT2D eigenvalue weighted by Crippen LogP contribution is 2.25. The van der Waals surface area contributed by atoms with Crippen molar-refractivity contribution < 1.29 is 4.74 Å². The van der Waals surface area contributed by atoms with Crippen LogP contribution in [-0.4, -0.2) is 31.6 Å². The number of benzene rings is 1. The van der Waals surface area contributed by atoms with Gasteiger partial charge < -0.3 is 10.5 Å². The molecule has 3 heteroatoms. The van der Waals surface area contributed by atoms with Gasteiger partial charge >= 0.3 is 0 Å². The fourth-order valence-corrected chi connectivity index (χ4v) is 2.18. The third kappa shape index (κ3) is 5.08. The zero-order valence-electron chi connectivity index (χ0n) is 14.2. The highest BCUT2D eigenvalue weighted by atomic mass is 16.5. The van der Waals surface area contributed by atoms with E-state index in [-0.39, 0.29) is 5.41 Å². The molecule has 1 unspecified atom stereocenters. The molecule has 2 N–H and O–H groups in total. The molecule has 0 heterocycles. The molecule has 0 aliphatic carbocycles. The third-order valence-corrected chi connectivity index (χ3v) is 3.94. The molecule has 1 aromatic rings. The molecular formula is C18H28N2O. The number of ether oxygens (including phenoxy) is 1. The first-order valence-electron chi connectivity index (χ1n) is 7.35. The Balaban J connectivity index is 2.94. The van der Waals surface area contributed by atoms with Crippen molar-refractivity contribution in [3.63, 3.8) is 0 Å². The lowest BCUT2D eigenvalue weighted by Crippen LogP contribution is -2.38. The number of methoxy groups -OCH3 is 1. The Kier molecular flexibility index (Phi) is 6.26. The Morgan fingerprint density at radius 1 is 1.33 bits per heavy atom. The number of hydrogen-bond acceptors (Lipinski definition) is 3. The molecule has 0 aliphatic heterocycles. The van der Waals surface area contributed by atoms with Crippen LogP contribution in [0.4, 0.5) is 0 Å². The lowest BCUT2D eigenvalue weighted by Gasteiger charge is -2.35. The van der Waals surface area contributed by atoms with Gasteiger partial charge in [-0.25, -0.2) is 0 Å². The van der Waals surface area contributed by atoms with Crippen LogP contribution in [0.15, 0.2) is 18.2 Å². The van der Waals surface area contributed by atoms with Crippen LogP contribution in [0, 0.1) is 17.3 Å². The highest BCUT2D eigenvalue weighted by Gasteiger charge is 2.23. The predicted octanol–water partition coefficient (Wildman–Crippen LogP) is 2.87. The van der Waals surface area contributed by atoms with Crippen LogP contribution in [0.25, 0.3) is 0 Å². The molecule has 3 nitrogen and oxygen atoms in total. The molecule has 0 fully saturated rings. The summed E-state index contributed by atoms with van der Waals surface area (Å²) in [6, 6.07) is 6.65. The molecule has 116 valence electrons. The quantitative estimate of drug-likeness (QED) is 0.866. The van der Waals surface area contributed by atoms with Crippen molar-refractivity contribution in [1.29, 1.82) is 0 Å². The van der Waals surface area contributed by atoms with Gasteiger partial charge in [0.1, 0.15) is 5.75 Å². The Labute approximate surface area is 129 Å². The lowest BCUT2D eigenvalue weighted by molar-refractivity contribution is 0.134. The SMILES string of the molecule is COc1ccc(CN(C)C(C)C(C)(C)C)cc1C#CCN. The fourth-order valence-electron chi connectivity index (χ4n) is 2.18. The van der Waals surface area contributed by atoms with Gasteiger partial charge in [0.15, 0.2) is 0 Å². The summed E-state index contributed by atoms with van der Waals surface area (Å²) in [5.41, 5.74) is 7.84. The summed E-state index contributed by atoms with van der Waals surface area (Å²) in [7, 11) is 3.82. The molecule has 0 radical (unpaired) electrons.